The number of aryl methyl sites for hydroxylation is 1. The summed E-state index contributed by atoms with van der Waals surface area (Å²) < 4.78 is 31.6. The molecule has 1 aromatic carbocycles. The number of benzene rings is 1. The average molecular weight is 300 g/mol. The second kappa shape index (κ2) is 8.36. The zero-order valence-electron chi connectivity index (χ0n) is 12.1. The van der Waals surface area contributed by atoms with Crippen molar-refractivity contribution in [3.8, 4) is 0 Å². The summed E-state index contributed by atoms with van der Waals surface area (Å²) in [6.45, 7) is 2.83. The molecule has 6 heteroatoms. The van der Waals surface area contributed by atoms with Crippen LogP contribution in [0.5, 0.6) is 0 Å². The van der Waals surface area contributed by atoms with Crippen LogP contribution < -0.4 is 10.5 Å². The van der Waals surface area contributed by atoms with E-state index in [0.717, 1.165) is 18.4 Å². The summed E-state index contributed by atoms with van der Waals surface area (Å²) >= 11 is 0. The molecular weight excluding hydrogens is 276 g/mol. The van der Waals surface area contributed by atoms with Crippen molar-refractivity contribution in [2.24, 2.45) is 5.73 Å². The number of hydrogen-bond acceptors (Lipinski definition) is 4. The molecule has 0 aliphatic carbocycles. The van der Waals surface area contributed by atoms with Crippen molar-refractivity contribution in [2.75, 3.05) is 20.3 Å². The maximum atomic E-state index is 12.1. The lowest BCUT2D eigenvalue weighted by atomic mass is 10.1. The Morgan fingerprint density at radius 1 is 1.30 bits per heavy atom. The fourth-order valence-electron chi connectivity index (χ4n) is 1.88. The van der Waals surface area contributed by atoms with Crippen molar-refractivity contribution in [3.63, 3.8) is 0 Å². The van der Waals surface area contributed by atoms with Gasteiger partial charge in [0.1, 0.15) is 0 Å². The third-order valence-electron chi connectivity index (χ3n) is 2.96. The molecule has 0 fully saturated rings. The van der Waals surface area contributed by atoms with Gasteiger partial charge in [-0.2, -0.15) is 0 Å². The van der Waals surface area contributed by atoms with Gasteiger partial charge >= 0.3 is 0 Å². The lowest BCUT2D eigenvalue weighted by Gasteiger charge is -2.11. The first-order chi connectivity index (χ1) is 9.49. The van der Waals surface area contributed by atoms with Gasteiger partial charge in [0.2, 0.25) is 10.0 Å². The van der Waals surface area contributed by atoms with Crippen molar-refractivity contribution in [2.45, 2.75) is 37.1 Å². The highest BCUT2D eigenvalue weighted by Gasteiger charge is 2.13. The highest BCUT2D eigenvalue weighted by Crippen LogP contribution is 2.11. The molecule has 0 saturated carbocycles. The van der Waals surface area contributed by atoms with Crippen LogP contribution in [0.15, 0.2) is 29.2 Å². The highest BCUT2D eigenvalue weighted by molar-refractivity contribution is 7.89. The third-order valence-corrected chi connectivity index (χ3v) is 4.44. The molecule has 0 aromatic heterocycles. The molecule has 0 amide bonds. The highest BCUT2D eigenvalue weighted by atomic mass is 32.2. The second-order valence-electron chi connectivity index (χ2n) is 4.80. The molecule has 1 rings (SSSR count). The number of methoxy groups -OCH3 is 1. The normalized spacial score (nSPS) is 13.3. The summed E-state index contributed by atoms with van der Waals surface area (Å²) in [6, 6.07) is 6.84. The maximum absolute atomic E-state index is 12.1. The molecule has 5 nitrogen and oxygen atoms in total. The van der Waals surface area contributed by atoms with Gasteiger partial charge in [0.15, 0.2) is 0 Å². The Kier molecular flexibility index (Phi) is 7.15. The SMILES string of the molecule is CCCc1ccc(S(=O)(=O)NCCC(N)COC)cc1. The molecular formula is C14H24N2O3S. The van der Waals surface area contributed by atoms with E-state index < -0.39 is 10.0 Å². The number of hydrogen-bond donors (Lipinski definition) is 2. The topological polar surface area (TPSA) is 81.4 Å². The number of ether oxygens (including phenoxy) is 1. The summed E-state index contributed by atoms with van der Waals surface area (Å²) in [5.41, 5.74) is 6.89. The fraction of sp³-hybridized carbons (Fsp3) is 0.571. The Morgan fingerprint density at radius 2 is 1.95 bits per heavy atom. The average Bonchev–Trinajstić information content (AvgIpc) is 2.40. The Bertz CT molecular complexity index is 486. The molecule has 114 valence electrons. The van der Waals surface area contributed by atoms with Crippen LogP contribution in [0.3, 0.4) is 0 Å². The van der Waals surface area contributed by atoms with E-state index in [4.69, 9.17) is 10.5 Å². The van der Waals surface area contributed by atoms with Gasteiger partial charge in [-0.15, -0.1) is 0 Å². The van der Waals surface area contributed by atoms with Crippen LogP contribution >= 0.6 is 0 Å². The number of sulfonamides is 1. The summed E-state index contributed by atoms with van der Waals surface area (Å²) in [5, 5.41) is 0. The third kappa shape index (κ3) is 5.58. The summed E-state index contributed by atoms with van der Waals surface area (Å²) in [6.07, 6.45) is 2.54. The van der Waals surface area contributed by atoms with E-state index in [9.17, 15) is 8.42 Å². The lowest BCUT2D eigenvalue weighted by molar-refractivity contribution is 0.177. The van der Waals surface area contributed by atoms with Crippen molar-refractivity contribution in [1.82, 2.24) is 4.72 Å². The Balaban J connectivity index is 2.55. The van der Waals surface area contributed by atoms with Gasteiger partial charge in [-0.05, 0) is 30.5 Å². The van der Waals surface area contributed by atoms with Crippen LogP contribution in [-0.2, 0) is 21.2 Å². The summed E-state index contributed by atoms with van der Waals surface area (Å²) in [4.78, 5) is 0.290. The number of rotatable bonds is 9. The van der Waals surface area contributed by atoms with E-state index in [2.05, 4.69) is 11.6 Å². The van der Waals surface area contributed by atoms with Gasteiger partial charge in [0.05, 0.1) is 11.5 Å². The van der Waals surface area contributed by atoms with E-state index >= 15 is 0 Å². The zero-order chi connectivity index (χ0) is 15.0. The largest absolute Gasteiger partial charge is 0.383 e. The van der Waals surface area contributed by atoms with E-state index in [0.29, 0.717) is 19.6 Å². The molecule has 3 N–H and O–H groups in total. The Morgan fingerprint density at radius 3 is 2.50 bits per heavy atom. The van der Waals surface area contributed by atoms with Crippen LogP contribution in [0.25, 0.3) is 0 Å². The minimum absolute atomic E-state index is 0.158. The molecule has 0 aliphatic heterocycles. The second-order valence-corrected chi connectivity index (χ2v) is 6.56. The van der Waals surface area contributed by atoms with Crippen LogP contribution in [0.1, 0.15) is 25.3 Å². The van der Waals surface area contributed by atoms with Crippen molar-refractivity contribution >= 4 is 10.0 Å². The van der Waals surface area contributed by atoms with E-state index in [1.165, 1.54) is 0 Å². The van der Waals surface area contributed by atoms with Gasteiger partial charge in [-0.1, -0.05) is 25.5 Å². The molecule has 0 aliphatic rings. The number of nitrogens with two attached hydrogens (primary N) is 1. The first-order valence-electron chi connectivity index (χ1n) is 6.82. The maximum Gasteiger partial charge on any atom is 0.240 e. The minimum Gasteiger partial charge on any atom is -0.383 e. The van der Waals surface area contributed by atoms with Crippen molar-refractivity contribution in [1.29, 1.82) is 0 Å². The minimum atomic E-state index is -3.45. The molecule has 0 bridgehead atoms. The molecule has 0 radical (unpaired) electrons. The zero-order valence-corrected chi connectivity index (χ0v) is 12.9. The van der Waals surface area contributed by atoms with Crippen LogP contribution in [-0.4, -0.2) is 34.7 Å². The molecule has 20 heavy (non-hydrogen) atoms. The van der Waals surface area contributed by atoms with Crippen LogP contribution in [0, 0.1) is 0 Å². The first kappa shape index (κ1) is 17.1. The van der Waals surface area contributed by atoms with Gasteiger partial charge in [0.25, 0.3) is 0 Å². The Labute approximate surface area is 121 Å². The fourth-order valence-corrected chi connectivity index (χ4v) is 2.93. The lowest BCUT2D eigenvalue weighted by Crippen LogP contribution is -2.32. The predicted octanol–water partition coefficient (Wildman–Crippen LogP) is 1.28. The summed E-state index contributed by atoms with van der Waals surface area (Å²) in [7, 11) is -1.88. The standard InChI is InChI=1S/C14H24N2O3S/c1-3-4-12-5-7-14(8-6-12)20(17,18)16-10-9-13(15)11-19-2/h5-8,13,16H,3-4,9-11,15H2,1-2H3. The van der Waals surface area contributed by atoms with Crippen molar-refractivity contribution in [3.05, 3.63) is 29.8 Å². The molecule has 1 atom stereocenters. The van der Waals surface area contributed by atoms with Gasteiger partial charge in [0, 0.05) is 19.7 Å². The van der Waals surface area contributed by atoms with Crippen molar-refractivity contribution < 1.29 is 13.2 Å². The van der Waals surface area contributed by atoms with Gasteiger partial charge < -0.3 is 10.5 Å². The monoisotopic (exact) mass is 300 g/mol. The quantitative estimate of drug-likeness (QED) is 0.720. The smallest absolute Gasteiger partial charge is 0.240 e. The predicted molar refractivity (Wildman–Crippen MR) is 80.1 cm³/mol. The van der Waals surface area contributed by atoms with E-state index in [1.54, 1.807) is 19.2 Å². The molecule has 0 spiro atoms. The van der Waals surface area contributed by atoms with Gasteiger partial charge in [-0.25, -0.2) is 13.1 Å². The number of nitrogens with one attached hydrogen (secondary N) is 1. The van der Waals surface area contributed by atoms with Crippen LogP contribution in [0.4, 0.5) is 0 Å². The first-order valence-corrected chi connectivity index (χ1v) is 8.31. The van der Waals surface area contributed by atoms with Crippen LogP contribution in [0.2, 0.25) is 0 Å². The Hall–Kier alpha value is -0.950. The van der Waals surface area contributed by atoms with E-state index in [1.807, 2.05) is 12.1 Å². The molecule has 0 heterocycles. The van der Waals surface area contributed by atoms with Gasteiger partial charge in [-0.3, -0.25) is 0 Å². The molecule has 1 aromatic rings. The summed E-state index contributed by atoms with van der Waals surface area (Å²) in [5.74, 6) is 0. The van der Waals surface area contributed by atoms with E-state index in [-0.39, 0.29) is 10.9 Å². The molecule has 0 saturated heterocycles. The molecule has 1 unspecified atom stereocenters.